The van der Waals surface area contributed by atoms with E-state index in [2.05, 4.69) is 6.92 Å². The summed E-state index contributed by atoms with van der Waals surface area (Å²) >= 11 is 0. The zero-order chi connectivity index (χ0) is 14.3. The molecule has 5 heteroatoms. The van der Waals surface area contributed by atoms with E-state index in [1.807, 2.05) is 19.1 Å². The Morgan fingerprint density at radius 3 is 2.65 bits per heavy atom. The average molecular weight is 295 g/mol. The Labute approximate surface area is 120 Å². The zero-order valence-electron chi connectivity index (χ0n) is 12.0. The van der Waals surface area contributed by atoms with Gasteiger partial charge in [-0.15, -0.1) is 0 Å². The molecule has 1 aromatic rings. The third-order valence-corrected chi connectivity index (χ3v) is 6.21. The Balaban J connectivity index is 1.80. The first-order valence-electron chi connectivity index (χ1n) is 7.19. The van der Waals surface area contributed by atoms with Gasteiger partial charge in [0.2, 0.25) is 10.0 Å². The minimum Gasteiger partial charge on any atom is -0.375 e. The summed E-state index contributed by atoms with van der Waals surface area (Å²) in [5.41, 5.74) is 1.07. The van der Waals surface area contributed by atoms with Crippen molar-refractivity contribution in [2.24, 2.45) is 5.92 Å². The normalized spacial score (nSPS) is 31.2. The number of nitrogens with zero attached hydrogens (tertiary/aromatic N) is 1. The SMILES string of the molecule is Cc1ccc(S(=O)(=O)N2CC[C@@H]3O[C@@H](C)C[C@H]3C2)cc1. The molecule has 0 unspecified atom stereocenters. The average Bonchev–Trinajstić information content (AvgIpc) is 2.78. The standard InChI is InChI=1S/C15H21NO3S/c1-11-3-5-14(6-4-11)20(17,18)16-8-7-15-13(10-16)9-12(2)19-15/h3-6,12-13,15H,7-10H2,1-2H3/t12-,13-,15-/m0/s1. The third kappa shape index (κ3) is 2.50. The molecule has 0 N–H and O–H groups in total. The Morgan fingerprint density at radius 2 is 1.95 bits per heavy atom. The van der Waals surface area contributed by atoms with Gasteiger partial charge in [0.25, 0.3) is 0 Å². The Morgan fingerprint density at radius 1 is 1.25 bits per heavy atom. The molecule has 1 aromatic carbocycles. The molecular formula is C15H21NO3S. The summed E-state index contributed by atoms with van der Waals surface area (Å²) in [4.78, 5) is 0.397. The first kappa shape index (κ1) is 14.0. The highest BCUT2D eigenvalue weighted by molar-refractivity contribution is 7.89. The molecule has 0 aliphatic carbocycles. The maximum absolute atomic E-state index is 12.7. The van der Waals surface area contributed by atoms with Crippen LogP contribution >= 0.6 is 0 Å². The molecule has 2 aliphatic rings. The first-order chi connectivity index (χ1) is 9.46. The summed E-state index contributed by atoms with van der Waals surface area (Å²) in [7, 11) is -3.36. The van der Waals surface area contributed by atoms with E-state index in [4.69, 9.17) is 4.74 Å². The summed E-state index contributed by atoms with van der Waals surface area (Å²) in [5.74, 6) is 0.346. The number of fused-ring (bicyclic) bond motifs is 1. The van der Waals surface area contributed by atoms with Crippen LogP contribution in [0.1, 0.15) is 25.3 Å². The minimum absolute atomic E-state index is 0.245. The van der Waals surface area contributed by atoms with Crippen LogP contribution in [-0.2, 0) is 14.8 Å². The molecule has 2 fully saturated rings. The molecule has 0 radical (unpaired) electrons. The number of hydrogen-bond acceptors (Lipinski definition) is 3. The second-order valence-corrected chi connectivity index (χ2v) is 7.88. The van der Waals surface area contributed by atoms with Crippen LogP contribution in [0.5, 0.6) is 0 Å². The van der Waals surface area contributed by atoms with Gasteiger partial charge in [-0.25, -0.2) is 8.42 Å². The van der Waals surface area contributed by atoms with E-state index in [0.29, 0.717) is 23.9 Å². The van der Waals surface area contributed by atoms with Crippen LogP contribution in [0.25, 0.3) is 0 Å². The predicted octanol–water partition coefficient (Wildman–Crippen LogP) is 2.18. The summed E-state index contributed by atoms with van der Waals surface area (Å²) in [5, 5.41) is 0. The van der Waals surface area contributed by atoms with Crippen molar-refractivity contribution in [3.63, 3.8) is 0 Å². The summed E-state index contributed by atoms with van der Waals surface area (Å²) < 4.78 is 32.8. The van der Waals surface area contributed by atoms with E-state index >= 15 is 0 Å². The molecule has 20 heavy (non-hydrogen) atoms. The molecule has 3 rings (SSSR count). The Hall–Kier alpha value is -0.910. The minimum atomic E-state index is -3.36. The lowest BCUT2D eigenvalue weighted by molar-refractivity contribution is 0.0206. The van der Waals surface area contributed by atoms with Crippen LogP contribution in [-0.4, -0.2) is 38.0 Å². The molecule has 4 nitrogen and oxygen atoms in total. The van der Waals surface area contributed by atoms with E-state index in [1.54, 1.807) is 16.4 Å². The van der Waals surface area contributed by atoms with Crippen molar-refractivity contribution in [3.05, 3.63) is 29.8 Å². The molecule has 2 aliphatic heterocycles. The highest BCUT2D eigenvalue weighted by Gasteiger charge is 2.40. The van der Waals surface area contributed by atoms with E-state index in [1.165, 1.54) is 0 Å². The van der Waals surface area contributed by atoms with Crippen molar-refractivity contribution in [3.8, 4) is 0 Å². The first-order valence-corrected chi connectivity index (χ1v) is 8.63. The van der Waals surface area contributed by atoms with E-state index in [0.717, 1.165) is 18.4 Å². The maximum Gasteiger partial charge on any atom is 0.243 e. The number of rotatable bonds is 2. The quantitative estimate of drug-likeness (QED) is 0.840. The van der Waals surface area contributed by atoms with Crippen LogP contribution in [0.4, 0.5) is 0 Å². The molecule has 3 atom stereocenters. The third-order valence-electron chi connectivity index (χ3n) is 4.33. The summed E-state index contributed by atoms with van der Waals surface area (Å²) in [6.07, 6.45) is 2.27. The van der Waals surface area contributed by atoms with Crippen LogP contribution in [0.2, 0.25) is 0 Å². The van der Waals surface area contributed by atoms with E-state index < -0.39 is 10.0 Å². The Kier molecular flexibility index (Phi) is 3.60. The molecule has 0 bridgehead atoms. The van der Waals surface area contributed by atoms with Crippen LogP contribution in [0, 0.1) is 12.8 Å². The van der Waals surface area contributed by atoms with Crippen molar-refractivity contribution < 1.29 is 13.2 Å². The van der Waals surface area contributed by atoms with E-state index in [-0.39, 0.29) is 12.2 Å². The lowest BCUT2D eigenvalue weighted by Gasteiger charge is -2.33. The lowest BCUT2D eigenvalue weighted by Crippen LogP contribution is -2.44. The second kappa shape index (κ2) is 5.13. The van der Waals surface area contributed by atoms with Gasteiger partial charge in [0.1, 0.15) is 0 Å². The number of piperidine rings is 1. The number of benzene rings is 1. The van der Waals surface area contributed by atoms with Gasteiger partial charge in [-0.2, -0.15) is 4.31 Å². The van der Waals surface area contributed by atoms with Gasteiger partial charge in [-0.1, -0.05) is 17.7 Å². The largest absolute Gasteiger partial charge is 0.375 e. The van der Waals surface area contributed by atoms with Crippen LogP contribution in [0.3, 0.4) is 0 Å². The van der Waals surface area contributed by atoms with Gasteiger partial charge < -0.3 is 4.74 Å². The van der Waals surface area contributed by atoms with E-state index in [9.17, 15) is 8.42 Å². The molecule has 2 heterocycles. The fourth-order valence-electron chi connectivity index (χ4n) is 3.24. The van der Waals surface area contributed by atoms with Crippen molar-refractivity contribution in [1.82, 2.24) is 4.31 Å². The molecule has 0 saturated carbocycles. The maximum atomic E-state index is 12.7. The molecule has 110 valence electrons. The van der Waals surface area contributed by atoms with Crippen molar-refractivity contribution in [1.29, 1.82) is 0 Å². The summed E-state index contributed by atoms with van der Waals surface area (Å²) in [6.45, 7) is 5.17. The van der Waals surface area contributed by atoms with Crippen molar-refractivity contribution >= 4 is 10.0 Å². The second-order valence-electron chi connectivity index (χ2n) is 5.95. The summed E-state index contributed by atoms with van der Waals surface area (Å²) in [6, 6.07) is 7.09. The van der Waals surface area contributed by atoms with Gasteiger partial charge >= 0.3 is 0 Å². The predicted molar refractivity (Wildman–Crippen MR) is 77.0 cm³/mol. The molecule has 0 spiro atoms. The van der Waals surface area contributed by atoms with Crippen molar-refractivity contribution in [2.45, 2.75) is 43.8 Å². The fraction of sp³-hybridized carbons (Fsp3) is 0.600. The van der Waals surface area contributed by atoms with Gasteiger partial charge in [0, 0.05) is 19.0 Å². The fourth-order valence-corrected chi connectivity index (χ4v) is 4.75. The van der Waals surface area contributed by atoms with Gasteiger partial charge in [0.15, 0.2) is 0 Å². The smallest absolute Gasteiger partial charge is 0.243 e. The van der Waals surface area contributed by atoms with Crippen molar-refractivity contribution in [2.75, 3.05) is 13.1 Å². The van der Waals surface area contributed by atoms with Gasteiger partial charge in [-0.3, -0.25) is 0 Å². The van der Waals surface area contributed by atoms with Crippen LogP contribution in [0.15, 0.2) is 29.2 Å². The lowest BCUT2D eigenvalue weighted by atomic mass is 9.94. The highest BCUT2D eigenvalue weighted by atomic mass is 32.2. The molecule has 0 aromatic heterocycles. The monoisotopic (exact) mass is 295 g/mol. The number of sulfonamides is 1. The molecule has 2 saturated heterocycles. The molecular weight excluding hydrogens is 274 g/mol. The highest BCUT2D eigenvalue weighted by Crippen LogP contribution is 2.34. The van der Waals surface area contributed by atoms with Crippen LogP contribution < -0.4 is 0 Å². The molecule has 0 amide bonds. The number of ether oxygens (including phenoxy) is 1. The Bertz CT molecular complexity index is 582. The van der Waals surface area contributed by atoms with Gasteiger partial charge in [0.05, 0.1) is 17.1 Å². The van der Waals surface area contributed by atoms with Gasteiger partial charge in [-0.05, 0) is 38.8 Å². The zero-order valence-corrected chi connectivity index (χ0v) is 12.8. The number of hydrogen-bond donors (Lipinski definition) is 0. The topological polar surface area (TPSA) is 46.6 Å². The number of aryl methyl sites for hydroxylation is 1.